The molecule has 0 bridgehead atoms. The van der Waals surface area contributed by atoms with Gasteiger partial charge in [-0.05, 0) is 18.2 Å². The van der Waals surface area contributed by atoms with Gasteiger partial charge < -0.3 is 0 Å². The van der Waals surface area contributed by atoms with Crippen LogP contribution in [0.3, 0.4) is 0 Å². The second kappa shape index (κ2) is 4.90. The van der Waals surface area contributed by atoms with Crippen LogP contribution in [0.1, 0.15) is 11.3 Å². The molecule has 2 nitrogen and oxygen atoms in total. The van der Waals surface area contributed by atoms with Crippen molar-refractivity contribution in [2.24, 2.45) is 0 Å². The number of hydrogen-bond acceptors (Lipinski definition) is 2. The Morgan fingerprint density at radius 2 is 1.74 bits per heavy atom. The predicted molar refractivity (Wildman–Crippen MR) is 64.4 cm³/mol. The number of halogens is 4. The maximum atomic E-state index is 12.5. The third-order valence-corrected chi connectivity index (χ3v) is 2.76. The van der Waals surface area contributed by atoms with Gasteiger partial charge in [-0.15, -0.1) is 0 Å². The molecule has 1 heterocycles. The van der Waals surface area contributed by atoms with Gasteiger partial charge in [0.1, 0.15) is 10.8 Å². The van der Waals surface area contributed by atoms with Crippen LogP contribution in [0.15, 0.2) is 36.4 Å². The molecule has 0 saturated heterocycles. The first-order chi connectivity index (χ1) is 8.93. The Hall–Kier alpha value is -2.06. The fourth-order valence-electron chi connectivity index (χ4n) is 1.61. The molecule has 0 spiro atoms. The van der Waals surface area contributed by atoms with E-state index in [9.17, 15) is 13.2 Å². The molecule has 1 aromatic carbocycles. The zero-order valence-corrected chi connectivity index (χ0v) is 10.1. The van der Waals surface area contributed by atoms with Gasteiger partial charge >= 0.3 is 6.18 Å². The summed E-state index contributed by atoms with van der Waals surface area (Å²) in [7, 11) is 0. The largest absolute Gasteiger partial charge is 0.433 e. The van der Waals surface area contributed by atoms with Crippen molar-refractivity contribution in [3.05, 3.63) is 52.8 Å². The lowest BCUT2D eigenvalue weighted by molar-refractivity contribution is -0.141. The van der Waals surface area contributed by atoms with Gasteiger partial charge in [0.2, 0.25) is 0 Å². The number of pyridine rings is 1. The first-order valence-electron chi connectivity index (χ1n) is 5.16. The van der Waals surface area contributed by atoms with Crippen molar-refractivity contribution in [3.63, 3.8) is 0 Å². The summed E-state index contributed by atoms with van der Waals surface area (Å²) in [6.07, 6.45) is -4.54. The molecule has 0 aliphatic carbocycles. The fraction of sp³-hybridized carbons (Fsp3) is 0.0769. The molecule has 0 amide bonds. The highest BCUT2D eigenvalue weighted by atomic mass is 35.5. The van der Waals surface area contributed by atoms with E-state index in [1.54, 1.807) is 24.3 Å². The van der Waals surface area contributed by atoms with Crippen molar-refractivity contribution in [2.45, 2.75) is 6.18 Å². The van der Waals surface area contributed by atoms with Crippen LogP contribution in [0.5, 0.6) is 0 Å². The van der Waals surface area contributed by atoms with Crippen LogP contribution in [0, 0.1) is 11.3 Å². The van der Waals surface area contributed by atoms with Crippen LogP contribution in [0.25, 0.3) is 11.1 Å². The quantitative estimate of drug-likeness (QED) is 0.732. The molecule has 0 aliphatic heterocycles. The topological polar surface area (TPSA) is 36.7 Å². The van der Waals surface area contributed by atoms with Gasteiger partial charge in [-0.3, -0.25) is 0 Å². The summed E-state index contributed by atoms with van der Waals surface area (Å²) in [5, 5.41) is 8.68. The minimum absolute atomic E-state index is 0.280. The molecule has 19 heavy (non-hydrogen) atoms. The summed E-state index contributed by atoms with van der Waals surface area (Å²) in [4.78, 5) is 3.33. The van der Waals surface area contributed by atoms with E-state index in [1.165, 1.54) is 6.07 Å². The zero-order chi connectivity index (χ0) is 14.0. The van der Waals surface area contributed by atoms with Crippen LogP contribution in [-0.4, -0.2) is 4.98 Å². The molecule has 6 heteroatoms. The standard InChI is InChI=1S/C13H6ClF3N2/c14-12-10(5-6-11(19-12)13(15,16)17)9-4-2-1-3-8(9)7-18/h1-6H. The molecule has 0 unspecified atom stereocenters. The number of nitrogens with zero attached hydrogens (tertiary/aromatic N) is 2. The van der Waals surface area contributed by atoms with Crippen molar-refractivity contribution < 1.29 is 13.2 Å². The van der Waals surface area contributed by atoms with Crippen LogP contribution >= 0.6 is 11.6 Å². The number of aromatic nitrogens is 1. The van der Waals surface area contributed by atoms with Gasteiger partial charge in [0.05, 0.1) is 11.6 Å². The van der Waals surface area contributed by atoms with Crippen LogP contribution in [-0.2, 0) is 6.18 Å². The summed E-state index contributed by atoms with van der Waals surface area (Å²) < 4.78 is 37.4. The van der Waals surface area contributed by atoms with Crippen LogP contribution in [0.4, 0.5) is 13.2 Å². The summed E-state index contributed by atoms with van der Waals surface area (Å²) in [5.41, 5.74) is 0.0182. The molecule has 0 N–H and O–H groups in total. The minimum atomic E-state index is -4.54. The Balaban J connectivity index is 2.57. The average Bonchev–Trinajstić information content (AvgIpc) is 2.37. The summed E-state index contributed by atoms with van der Waals surface area (Å²) >= 11 is 5.78. The van der Waals surface area contributed by atoms with Gasteiger partial charge in [-0.25, -0.2) is 4.98 Å². The van der Waals surface area contributed by atoms with E-state index in [-0.39, 0.29) is 5.15 Å². The maximum absolute atomic E-state index is 12.5. The monoisotopic (exact) mass is 282 g/mol. The Morgan fingerprint density at radius 3 is 2.32 bits per heavy atom. The van der Waals surface area contributed by atoms with E-state index in [4.69, 9.17) is 16.9 Å². The predicted octanol–water partition coefficient (Wildman–Crippen LogP) is 4.29. The Kier molecular flexibility index (Phi) is 3.45. The lowest BCUT2D eigenvalue weighted by Gasteiger charge is -2.09. The number of alkyl halides is 3. The lowest BCUT2D eigenvalue weighted by atomic mass is 10.0. The molecule has 0 saturated carbocycles. The molecule has 2 rings (SSSR count). The van der Waals surface area contributed by atoms with Gasteiger partial charge in [0.15, 0.2) is 0 Å². The number of nitriles is 1. The van der Waals surface area contributed by atoms with Crippen LogP contribution in [0.2, 0.25) is 5.15 Å². The second-order valence-corrected chi connectivity index (χ2v) is 4.05. The molecule has 0 atom stereocenters. The fourth-order valence-corrected chi connectivity index (χ4v) is 1.86. The van der Waals surface area contributed by atoms with Crippen molar-refractivity contribution in [3.8, 4) is 17.2 Å². The van der Waals surface area contributed by atoms with Gasteiger partial charge in [-0.1, -0.05) is 29.8 Å². The average molecular weight is 283 g/mol. The van der Waals surface area contributed by atoms with E-state index >= 15 is 0 Å². The number of hydrogen-bond donors (Lipinski definition) is 0. The van der Waals surface area contributed by atoms with Gasteiger partial charge in [-0.2, -0.15) is 18.4 Å². The van der Waals surface area contributed by atoms with Crippen LogP contribution < -0.4 is 0 Å². The smallest absolute Gasteiger partial charge is 0.231 e. The first-order valence-corrected chi connectivity index (χ1v) is 5.54. The molecule has 0 fully saturated rings. The summed E-state index contributed by atoms with van der Waals surface area (Å²) in [6, 6.07) is 10.5. The molecule has 96 valence electrons. The van der Waals surface area contributed by atoms with E-state index in [0.29, 0.717) is 16.7 Å². The maximum Gasteiger partial charge on any atom is 0.433 e. The number of rotatable bonds is 1. The Morgan fingerprint density at radius 1 is 1.05 bits per heavy atom. The highest BCUT2D eigenvalue weighted by Gasteiger charge is 2.33. The molecule has 2 aromatic rings. The number of benzene rings is 1. The van der Waals surface area contributed by atoms with Crippen molar-refractivity contribution in [2.75, 3.05) is 0 Å². The SMILES string of the molecule is N#Cc1ccccc1-c1ccc(C(F)(F)F)nc1Cl. The van der Waals surface area contributed by atoms with E-state index in [0.717, 1.165) is 6.07 Å². The normalized spacial score (nSPS) is 11.1. The van der Waals surface area contributed by atoms with E-state index in [1.807, 2.05) is 6.07 Å². The lowest BCUT2D eigenvalue weighted by Crippen LogP contribution is -2.08. The zero-order valence-electron chi connectivity index (χ0n) is 9.37. The molecule has 0 radical (unpaired) electrons. The van der Waals surface area contributed by atoms with Gasteiger partial charge in [0.25, 0.3) is 0 Å². The van der Waals surface area contributed by atoms with Gasteiger partial charge in [0, 0.05) is 11.1 Å². The molecule has 0 aliphatic rings. The highest BCUT2D eigenvalue weighted by Crippen LogP contribution is 2.33. The van der Waals surface area contributed by atoms with E-state index in [2.05, 4.69) is 4.98 Å². The van der Waals surface area contributed by atoms with Crippen molar-refractivity contribution >= 4 is 11.6 Å². The Labute approximate surface area is 112 Å². The molecular weight excluding hydrogens is 277 g/mol. The second-order valence-electron chi connectivity index (χ2n) is 3.69. The molecular formula is C13H6ClF3N2. The van der Waals surface area contributed by atoms with Crippen molar-refractivity contribution in [1.82, 2.24) is 4.98 Å². The Bertz CT molecular complexity index is 660. The van der Waals surface area contributed by atoms with E-state index < -0.39 is 11.9 Å². The first kappa shape index (κ1) is 13.4. The highest BCUT2D eigenvalue weighted by molar-refractivity contribution is 6.32. The third kappa shape index (κ3) is 2.69. The summed E-state index contributed by atoms with van der Waals surface area (Å²) in [6.45, 7) is 0. The minimum Gasteiger partial charge on any atom is -0.231 e. The van der Waals surface area contributed by atoms with Crippen molar-refractivity contribution in [1.29, 1.82) is 5.26 Å². The molecule has 1 aromatic heterocycles. The summed E-state index contributed by atoms with van der Waals surface area (Å²) in [5.74, 6) is 0. The third-order valence-electron chi connectivity index (χ3n) is 2.48.